The minimum atomic E-state index is -0.389. The first-order valence-corrected chi connectivity index (χ1v) is 6.40. The van der Waals surface area contributed by atoms with E-state index in [-0.39, 0.29) is 12.1 Å². The summed E-state index contributed by atoms with van der Waals surface area (Å²) in [5.41, 5.74) is 8.64. The fraction of sp³-hybridized carbons (Fsp3) is 0.571. The number of aryl methyl sites for hydroxylation is 1. The number of aliphatic hydroxyl groups is 1. The van der Waals surface area contributed by atoms with Crippen molar-refractivity contribution in [1.82, 2.24) is 0 Å². The summed E-state index contributed by atoms with van der Waals surface area (Å²) in [6.45, 7) is 2.29. The maximum absolute atomic E-state index is 9.46. The number of rotatable bonds is 4. The molecule has 0 amide bonds. The second kappa shape index (κ2) is 5.52. The molecule has 0 aromatic heterocycles. The van der Waals surface area contributed by atoms with Crippen LogP contribution in [0.2, 0.25) is 0 Å². The van der Waals surface area contributed by atoms with Crippen molar-refractivity contribution in [3.05, 3.63) is 29.3 Å². The van der Waals surface area contributed by atoms with Gasteiger partial charge < -0.3 is 15.6 Å². The highest BCUT2D eigenvalue weighted by Gasteiger charge is 2.17. The van der Waals surface area contributed by atoms with Crippen LogP contribution >= 0.6 is 0 Å². The number of hydrogen-bond acceptors (Lipinski definition) is 3. The van der Waals surface area contributed by atoms with E-state index in [1.54, 1.807) is 0 Å². The minimum absolute atomic E-state index is 0.137. The van der Waals surface area contributed by atoms with E-state index >= 15 is 0 Å². The molecule has 3 N–H and O–H groups in total. The monoisotopic (exact) mass is 235 g/mol. The molecule has 0 spiro atoms. The van der Waals surface area contributed by atoms with Crippen molar-refractivity contribution in [3.63, 3.8) is 0 Å². The highest BCUT2D eigenvalue weighted by Crippen LogP contribution is 2.30. The van der Waals surface area contributed by atoms with Gasteiger partial charge in [-0.3, -0.25) is 0 Å². The van der Waals surface area contributed by atoms with Crippen molar-refractivity contribution in [2.45, 2.75) is 44.8 Å². The van der Waals surface area contributed by atoms with Gasteiger partial charge >= 0.3 is 0 Å². The summed E-state index contributed by atoms with van der Waals surface area (Å²) in [7, 11) is 0. The zero-order valence-electron chi connectivity index (χ0n) is 10.4. The molecule has 2 atom stereocenters. The molecule has 1 aliphatic rings. The quantitative estimate of drug-likeness (QED) is 0.841. The van der Waals surface area contributed by atoms with Crippen molar-refractivity contribution in [2.75, 3.05) is 6.61 Å². The lowest BCUT2D eigenvalue weighted by Gasteiger charge is -2.23. The van der Waals surface area contributed by atoms with Gasteiger partial charge in [-0.25, -0.2) is 0 Å². The van der Waals surface area contributed by atoms with E-state index in [0.717, 1.165) is 18.6 Å². The fourth-order valence-corrected chi connectivity index (χ4v) is 2.21. The average molecular weight is 235 g/mol. The molecular formula is C14H21NO2. The number of benzene rings is 1. The Kier molecular flexibility index (Phi) is 4.02. The molecule has 0 heterocycles. The Morgan fingerprint density at radius 3 is 3.12 bits per heavy atom. The molecule has 94 valence electrons. The molecule has 3 nitrogen and oxygen atoms in total. The van der Waals surface area contributed by atoms with Crippen LogP contribution in [0.4, 0.5) is 0 Å². The Hall–Kier alpha value is -1.06. The molecule has 1 aromatic carbocycles. The largest absolute Gasteiger partial charge is 0.491 e. The zero-order chi connectivity index (χ0) is 12.3. The molecule has 17 heavy (non-hydrogen) atoms. The third kappa shape index (κ3) is 2.99. The van der Waals surface area contributed by atoms with Gasteiger partial charge in [0.25, 0.3) is 0 Å². The van der Waals surface area contributed by atoms with E-state index in [9.17, 15) is 5.11 Å². The van der Waals surface area contributed by atoms with Gasteiger partial charge in [0, 0.05) is 6.04 Å². The molecule has 0 fully saturated rings. The van der Waals surface area contributed by atoms with Crippen LogP contribution in [0.3, 0.4) is 0 Å². The molecule has 0 saturated carbocycles. The van der Waals surface area contributed by atoms with Crippen LogP contribution in [0.1, 0.15) is 43.4 Å². The van der Waals surface area contributed by atoms with E-state index in [1.807, 2.05) is 19.1 Å². The van der Waals surface area contributed by atoms with Gasteiger partial charge in [-0.1, -0.05) is 13.0 Å². The number of aliphatic hydroxyl groups excluding tert-OH is 1. The summed E-state index contributed by atoms with van der Waals surface area (Å²) < 4.78 is 5.57. The van der Waals surface area contributed by atoms with Gasteiger partial charge in [-0.15, -0.1) is 0 Å². The van der Waals surface area contributed by atoms with E-state index < -0.39 is 0 Å². The first-order valence-electron chi connectivity index (χ1n) is 6.40. The van der Waals surface area contributed by atoms with E-state index in [1.165, 1.54) is 17.5 Å². The van der Waals surface area contributed by atoms with Gasteiger partial charge in [0.15, 0.2) is 0 Å². The van der Waals surface area contributed by atoms with Crippen molar-refractivity contribution in [1.29, 1.82) is 0 Å². The summed E-state index contributed by atoms with van der Waals surface area (Å²) in [5.74, 6) is 0.814. The lowest BCUT2D eigenvalue weighted by Crippen LogP contribution is -2.19. The van der Waals surface area contributed by atoms with Crippen molar-refractivity contribution >= 4 is 0 Å². The van der Waals surface area contributed by atoms with Crippen molar-refractivity contribution in [3.8, 4) is 5.75 Å². The van der Waals surface area contributed by atoms with E-state index in [0.29, 0.717) is 13.0 Å². The molecule has 2 rings (SSSR count). The SMILES string of the molecule is CCC(O)COc1ccc2c(c1)[C@@H](N)CCC2. The molecule has 0 saturated heterocycles. The predicted molar refractivity (Wildman–Crippen MR) is 68.1 cm³/mol. The number of fused-ring (bicyclic) bond motifs is 1. The van der Waals surface area contributed by atoms with E-state index in [2.05, 4.69) is 6.07 Å². The molecular weight excluding hydrogens is 214 g/mol. The summed E-state index contributed by atoms with van der Waals surface area (Å²) in [6, 6.07) is 6.24. The molecule has 1 aliphatic carbocycles. The molecule has 0 aliphatic heterocycles. The topological polar surface area (TPSA) is 55.5 Å². The molecule has 1 aromatic rings. The maximum atomic E-state index is 9.46. The van der Waals surface area contributed by atoms with E-state index in [4.69, 9.17) is 10.5 Å². The smallest absolute Gasteiger partial charge is 0.119 e. The normalized spacial score (nSPS) is 20.8. The lowest BCUT2D eigenvalue weighted by atomic mass is 9.88. The first-order chi connectivity index (χ1) is 8.20. The van der Waals surface area contributed by atoms with Crippen LogP contribution in [0.25, 0.3) is 0 Å². The highest BCUT2D eigenvalue weighted by molar-refractivity contribution is 5.39. The second-order valence-corrected chi connectivity index (χ2v) is 4.73. The van der Waals surface area contributed by atoms with Crippen LogP contribution in [-0.4, -0.2) is 17.8 Å². The Balaban J connectivity index is 2.07. The van der Waals surface area contributed by atoms with Gasteiger partial charge in [-0.05, 0) is 48.9 Å². The molecule has 1 unspecified atom stereocenters. The first kappa shape index (κ1) is 12.4. The fourth-order valence-electron chi connectivity index (χ4n) is 2.21. The predicted octanol–water partition coefficient (Wildman–Crippen LogP) is 2.17. The summed E-state index contributed by atoms with van der Waals surface area (Å²) >= 11 is 0. The molecule has 3 heteroatoms. The van der Waals surface area contributed by atoms with Gasteiger partial charge in [0.2, 0.25) is 0 Å². The molecule has 0 radical (unpaired) electrons. The van der Waals surface area contributed by atoms with Crippen molar-refractivity contribution in [2.24, 2.45) is 5.73 Å². The number of nitrogens with two attached hydrogens (primary N) is 1. The standard InChI is InChI=1S/C14H21NO2/c1-2-11(16)9-17-12-7-6-10-4-3-5-14(15)13(10)8-12/h6-8,11,14,16H,2-5,9,15H2,1H3/t11?,14-/m0/s1. The van der Waals surface area contributed by atoms with Crippen LogP contribution < -0.4 is 10.5 Å². The van der Waals surface area contributed by atoms with Crippen LogP contribution in [0, 0.1) is 0 Å². The third-order valence-electron chi connectivity index (χ3n) is 3.39. The summed E-state index contributed by atoms with van der Waals surface area (Å²) in [5, 5.41) is 9.46. The Morgan fingerprint density at radius 2 is 2.35 bits per heavy atom. The zero-order valence-corrected chi connectivity index (χ0v) is 10.4. The van der Waals surface area contributed by atoms with Crippen LogP contribution in [0.15, 0.2) is 18.2 Å². The third-order valence-corrected chi connectivity index (χ3v) is 3.39. The lowest BCUT2D eigenvalue weighted by molar-refractivity contribution is 0.104. The number of ether oxygens (including phenoxy) is 1. The minimum Gasteiger partial charge on any atom is -0.491 e. The average Bonchev–Trinajstić information content (AvgIpc) is 2.36. The summed E-state index contributed by atoms with van der Waals surface area (Å²) in [6.07, 6.45) is 3.65. The molecule has 0 bridgehead atoms. The number of hydrogen-bond donors (Lipinski definition) is 2. The van der Waals surface area contributed by atoms with Crippen LogP contribution in [0.5, 0.6) is 5.75 Å². The maximum Gasteiger partial charge on any atom is 0.119 e. The second-order valence-electron chi connectivity index (χ2n) is 4.73. The highest BCUT2D eigenvalue weighted by atomic mass is 16.5. The van der Waals surface area contributed by atoms with Crippen molar-refractivity contribution < 1.29 is 9.84 Å². The summed E-state index contributed by atoms with van der Waals surface area (Å²) in [4.78, 5) is 0. The van der Waals surface area contributed by atoms with Gasteiger partial charge in [-0.2, -0.15) is 0 Å². The van der Waals surface area contributed by atoms with Gasteiger partial charge in [0.05, 0.1) is 6.10 Å². The van der Waals surface area contributed by atoms with Crippen LogP contribution in [-0.2, 0) is 6.42 Å². The Bertz CT molecular complexity index is 378. The Labute approximate surface area is 103 Å². The Morgan fingerprint density at radius 1 is 1.53 bits per heavy atom. The van der Waals surface area contributed by atoms with Gasteiger partial charge in [0.1, 0.15) is 12.4 Å².